The van der Waals surface area contributed by atoms with E-state index in [0.717, 1.165) is 0 Å². The lowest BCUT2D eigenvalue weighted by Gasteiger charge is -2.10. The molecule has 0 N–H and O–H groups in total. The van der Waals surface area contributed by atoms with Crippen molar-refractivity contribution in [1.82, 2.24) is 0 Å². The summed E-state index contributed by atoms with van der Waals surface area (Å²) in [6.45, 7) is 10.1. The smallest absolute Gasteiger partial charge is 0.338 e. The zero-order valence-electron chi connectivity index (χ0n) is 8.10. The van der Waals surface area contributed by atoms with Gasteiger partial charge in [0.15, 0.2) is 6.17 Å². The van der Waals surface area contributed by atoms with Crippen LogP contribution in [0.25, 0.3) is 0 Å². The van der Waals surface area contributed by atoms with Gasteiger partial charge in [0.2, 0.25) is 0 Å². The van der Waals surface area contributed by atoms with Crippen LogP contribution in [0.15, 0.2) is 24.5 Å². The highest BCUT2D eigenvalue weighted by atomic mass is 19.1. The molecule has 0 rings (SSSR count). The second kappa shape index (κ2) is 5.51. The first-order chi connectivity index (χ1) is 5.99. The van der Waals surface area contributed by atoms with Gasteiger partial charge in [0.1, 0.15) is 5.76 Å². The quantitative estimate of drug-likeness (QED) is 0.375. The first-order valence-electron chi connectivity index (χ1n) is 4.19. The van der Waals surface area contributed by atoms with Crippen LogP contribution in [0.2, 0.25) is 0 Å². The van der Waals surface area contributed by atoms with Gasteiger partial charge in [0.05, 0.1) is 0 Å². The molecule has 0 aliphatic heterocycles. The van der Waals surface area contributed by atoms with Gasteiger partial charge in [-0.2, -0.15) is 0 Å². The van der Waals surface area contributed by atoms with Crippen molar-refractivity contribution >= 4 is 5.97 Å². The third-order valence-corrected chi connectivity index (χ3v) is 1.46. The van der Waals surface area contributed by atoms with Crippen LogP contribution in [0, 0.1) is 0 Å². The van der Waals surface area contributed by atoms with Crippen molar-refractivity contribution in [3.05, 3.63) is 24.5 Å². The van der Waals surface area contributed by atoms with Crippen molar-refractivity contribution in [1.29, 1.82) is 0 Å². The number of esters is 1. The maximum atomic E-state index is 13.0. The Morgan fingerprint density at radius 2 is 2.08 bits per heavy atom. The van der Waals surface area contributed by atoms with E-state index in [-0.39, 0.29) is 11.3 Å². The molecular weight excluding hydrogens is 171 g/mol. The summed E-state index contributed by atoms with van der Waals surface area (Å²) >= 11 is 0. The summed E-state index contributed by atoms with van der Waals surface area (Å²) in [7, 11) is 0. The lowest BCUT2D eigenvalue weighted by Crippen LogP contribution is -2.12. The third kappa shape index (κ3) is 4.45. The van der Waals surface area contributed by atoms with Crippen LogP contribution in [0.5, 0.6) is 0 Å². The summed E-state index contributed by atoms with van der Waals surface area (Å²) in [5.41, 5.74) is 0.241. The Kier molecular flexibility index (Phi) is 5.04. The molecule has 0 saturated carbocycles. The summed E-state index contributed by atoms with van der Waals surface area (Å²) in [6, 6.07) is 0. The van der Waals surface area contributed by atoms with Crippen LogP contribution in [0.4, 0.5) is 4.39 Å². The van der Waals surface area contributed by atoms with Gasteiger partial charge in [0.25, 0.3) is 0 Å². The lowest BCUT2D eigenvalue weighted by molar-refractivity contribution is -0.135. The van der Waals surface area contributed by atoms with E-state index in [1.165, 1.54) is 6.92 Å². The molecule has 0 saturated heterocycles. The van der Waals surface area contributed by atoms with E-state index in [9.17, 15) is 9.18 Å². The number of ether oxygens (including phenoxy) is 1. The Bertz CT molecular complexity index is 221. The van der Waals surface area contributed by atoms with Crippen molar-refractivity contribution in [3.63, 3.8) is 0 Å². The normalized spacial score (nSPS) is 11.9. The van der Waals surface area contributed by atoms with Crippen molar-refractivity contribution in [2.45, 2.75) is 32.9 Å². The van der Waals surface area contributed by atoms with Crippen LogP contribution in [0.1, 0.15) is 26.7 Å². The summed E-state index contributed by atoms with van der Waals surface area (Å²) in [5.74, 6) is -0.751. The second-order valence-corrected chi connectivity index (χ2v) is 2.89. The summed E-state index contributed by atoms with van der Waals surface area (Å²) in [4.78, 5) is 10.9. The van der Waals surface area contributed by atoms with Crippen molar-refractivity contribution in [3.8, 4) is 0 Å². The molecule has 0 aliphatic carbocycles. The Labute approximate surface area is 78.1 Å². The minimum Gasteiger partial charge on any atom is -0.425 e. The number of carbonyl (C=O) groups excluding carboxylic acids is 1. The Morgan fingerprint density at radius 3 is 2.46 bits per heavy atom. The molecule has 0 aromatic carbocycles. The number of hydrogen-bond donors (Lipinski definition) is 0. The predicted molar refractivity (Wildman–Crippen MR) is 49.9 cm³/mol. The monoisotopic (exact) mass is 186 g/mol. The fraction of sp³-hybridized carbons (Fsp3) is 0.500. The molecule has 0 aromatic rings. The van der Waals surface area contributed by atoms with Gasteiger partial charge in [-0.1, -0.05) is 26.5 Å². The van der Waals surface area contributed by atoms with Gasteiger partial charge in [-0.05, 0) is 13.3 Å². The standard InChI is InChI=1S/C10H15FO2/c1-5-6-9(11)8(4)13-10(12)7(2)3/h9H,2,4-6H2,1,3H3. The third-order valence-electron chi connectivity index (χ3n) is 1.46. The van der Waals surface area contributed by atoms with Gasteiger partial charge < -0.3 is 4.74 Å². The summed E-state index contributed by atoms with van der Waals surface area (Å²) in [5, 5.41) is 0. The number of allylic oxidation sites excluding steroid dienone is 1. The van der Waals surface area contributed by atoms with Gasteiger partial charge in [-0.3, -0.25) is 0 Å². The highest BCUT2D eigenvalue weighted by molar-refractivity contribution is 5.87. The second-order valence-electron chi connectivity index (χ2n) is 2.89. The highest BCUT2D eigenvalue weighted by Gasteiger charge is 2.14. The summed E-state index contributed by atoms with van der Waals surface area (Å²) < 4.78 is 17.6. The van der Waals surface area contributed by atoms with Gasteiger partial charge in [-0.25, -0.2) is 9.18 Å². The van der Waals surface area contributed by atoms with Crippen LogP contribution < -0.4 is 0 Å². The van der Waals surface area contributed by atoms with E-state index in [4.69, 9.17) is 0 Å². The molecular formula is C10H15FO2. The van der Waals surface area contributed by atoms with E-state index in [1.807, 2.05) is 6.92 Å². The average Bonchev–Trinajstić information content (AvgIpc) is 2.04. The van der Waals surface area contributed by atoms with E-state index < -0.39 is 12.1 Å². The molecule has 0 amide bonds. The van der Waals surface area contributed by atoms with E-state index in [1.54, 1.807) is 0 Å². The fourth-order valence-corrected chi connectivity index (χ4v) is 0.685. The molecule has 0 radical (unpaired) electrons. The molecule has 13 heavy (non-hydrogen) atoms. The van der Waals surface area contributed by atoms with Crippen molar-refractivity contribution in [2.24, 2.45) is 0 Å². The molecule has 74 valence electrons. The minimum absolute atomic E-state index is 0.130. The van der Waals surface area contributed by atoms with Crippen molar-refractivity contribution in [2.75, 3.05) is 0 Å². The first-order valence-corrected chi connectivity index (χ1v) is 4.19. The zero-order chi connectivity index (χ0) is 10.4. The lowest BCUT2D eigenvalue weighted by atomic mass is 10.2. The fourth-order valence-electron chi connectivity index (χ4n) is 0.685. The Morgan fingerprint density at radius 1 is 1.54 bits per heavy atom. The van der Waals surface area contributed by atoms with Crippen LogP contribution in [0.3, 0.4) is 0 Å². The SMILES string of the molecule is C=C(C)C(=O)OC(=C)C(F)CCC. The molecule has 2 nitrogen and oxygen atoms in total. The van der Waals surface area contributed by atoms with Gasteiger partial charge in [0, 0.05) is 5.57 Å². The van der Waals surface area contributed by atoms with E-state index >= 15 is 0 Å². The molecule has 0 aliphatic rings. The molecule has 0 fully saturated rings. The molecule has 0 spiro atoms. The Hall–Kier alpha value is -1.12. The van der Waals surface area contributed by atoms with Crippen LogP contribution >= 0.6 is 0 Å². The molecule has 1 unspecified atom stereocenters. The number of rotatable bonds is 5. The summed E-state index contributed by atoms with van der Waals surface area (Å²) in [6.07, 6.45) is -0.263. The van der Waals surface area contributed by atoms with Crippen LogP contribution in [-0.4, -0.2) is 12.1 Å². The number of carbonyl (C=O) groups is 1. The number of alkyl halides is 1. The van der Waals surface area contributed by atoms with E-state index in [2.05, 4.69) is 17.9 Å². The van der Waals surface area contributed by atoms with E-state index in [0.29, 0.717) is 12.8 Å². The maximum Gasteiger partial charge on any atom is 0.338 e. The number of halogens is 1. The molecule has 0 bridgehead atoms. The predicted octanol–water partition coefficient (Wildman–Crippen LogP) is 2.76. The number of hydrogen-bond acceptors (Lipinski definition) is 2. The molecule has 0 aromatic heterocycles. The van der Waals surface area contributed by atoms with Crippen molar-refractivity contribution < 1.29 is 13.9 Å². The van der Waals surface area contributed by atoms with Crippen LogP contribution in [-0.2, 0) is 9.53 Å². The largest absolute Gasteiger partial charge is 0.425 e. The molecule has 0 heterocycles. The van der Waals surface area contributed by atoms with Gasteiger partial charge in [-0.15, -0.1) is 0 Å². The van der Waals surface area contributed by atoms with Gasteiger partial charge >= 0.3 is 5.97 Å². The topological polar surface area (TPSA) is 26.3 Å². The Balaban J connectivity index is 4.00. The minimum atomic E-state index is -1.27. The first kappa shape index (κ1) is 11.9. The highest BCUT2D eigenvalue weighted by Crippen LogP contribution is 2.13. The average molecular weight is 186 g/mol. The zero-order valence-corrected chi connectivity index (χ0v) is 8.10. The maximum absolute atomic E-state index is 13.0. The molecule has 3 heteroatoms. The molecule has 1 atom stereocenters.